The fraction of sp³-hybridized carbons (Fsp3) is 0.591. The molecule has 4 heteroatoms. The summed E-state index contributed by atoms with van der Waals surface area (Å²) in [6, 6.07) is 0. The van der Waals surface area contributed by atoms with Crippen molar-refractivity contribution in [3.63, 3.8) is 0 Å². The number of hydrogen-bond donors (Lipinski definition) is 3. The first kappa shape index (κ1) is 22.4. The van der Waals surface area contributed by atoms with Crippen LogP contribution in [0.3, 0.4) is 0 Å². The summed E-state index contributed by atoms with van der Waals surface area (Å²) in [5.41, 5.74) is 0. The van der Waals surface area contributed by atoms with Crippen molar-refractivity contribution in [1.82, 2.24) is 0 Å². The number of carboxylic acid groups (broad SMARTS) is 1. The van der Waals surface area contributed by atoms with Gasteiger partial charge in [0.05, 0.1) is 12.2 Å². The minimum atomic E-state index is -0.906. The van der Waals surface area contributed by atoms with E-state index in [2.05, 4.69) is 43.4 Å². The molecule has 1 aliphatic rings. The van der Waals surface area contributed by atoms with E-state index in [1.807, 2.05) is 6.08 Å². The van der Waals surface area contributed by atoms with Crippen molar-refractivity contribution in [2.75, 3.05) is 0 Å². The fourth-order valence-electron chi connectivity index (χ4n) is 3.25. The van der Waals surface area contributed by atoms with Crippen molar-refractivity contribution in [3.8, 4) is 0 Å². The van der Waals surface area contributed by atoms with Crippen molar-refractivity contribution < 1.29 is 20.1 Å². The Morgan fingerprint density at radius 1 is 1.08 bits per heavy atom. The fourth-order valence-corrected chi connectivity index (χ4v) is 3.25. The van der Waals surface area contributed by atoms with Crippen LogP contribution in [0.15, 0.2) is 48.6 Å². The number of hydrogen-bond acceptors (Lipinski definition) is 3. The van der Waals surface area contributed by atoms with Gasteiger partial charge in [0.25, 0.3) is 0 Å². The van der Waals surface area contributed by atoms with E-state index in [-0.39, 0.29) is 24.9 Å². The van der Waals surface area contributed by atoms with Gasteiger partial charge in [-0.15, -0.1) is 0 Å². The predicted molar refractivity (Wildman–Crippen MR) is 106 cm³/mol. The van der Waals surface area contributed by atoms with E-state index in [0.29, 0.717) is 5.92 Å². The topological polar surface area (TPSA) is 77.8 Å². The van der Waals surface area contributed by atoms with Crippen LogP contribution in [0.25, 0.3) is 0 Å². The van der Waals surface area contributed by atoms with Crippen LogP contribution in [-0.4, -0.2) is 33.5 Å². The zero-order valence-corrected chi connectivity index (χ0v) is 15.8. The molecule has 0 amide bonds. The van der Waals surface area contributed by atoms with Crippen molar-refractivity contribution in [2.24, 2.45) is 11.8 Å². The maximum absolute atomic E-state index is 10.5. The lowest BCUT2D eigenvalue weighted by Gasteiger charge is -2.18. The summed E-state index contributed by atoms with van der Waals surface area (Å²) >= 11 is 0. The van der Waals surface area contributed by atoms with E-state index in [1.54, 1.807) is 6.08 Å². The molecule has 1 rings (SSSR count). The van der Waals surface area contributed by atoms with Crippen LogP contribution in [0.2, 0.25) is 0 Å². The highest BCUT2D eigenvalue weighted by Gasteiger charge is 2.32. The minimum absolute atomic E-state index is 0.0360. The zero-order valence-electron chi connectivity index (χ0n) is 15.8. The molecule has 0 aromatic rings. The molecule has 3 N–H and O–H groups in total. The van der Waals surface area contributed by atoms with Gasteiger partial charge in [-0.05, 0) is 50.9 Å². The Balaban J connectivity index is 2.37. The van der Waals surface area contributed by atoms with Gasteiger partial charge in [0.1, 0.15) is 0 Å². The number of aliphatic hydroxyl groups excluding tert-OH is 2. The first-order valence-electron chi connectivity index (χ1n) is 9.75. The van der Waals surface area contributed by atoms with Crippen molar-refractivity contribution >= 4 is 5.97 Å². The molecular weight excluding hydrogens is 328 g/mol. The van der Waals surface area contributed by atoms with Crippen LogP contribution in [0, 0.1) is 11.8 Å². The Hall–Kier alpha value is -1.65. The molecule has 1 fully saturated rings. The van der Waals surface area contributed by atoms with Gasteiger partial charge in [-0.1, -0.05) is 55.5 Å². The zero-order chi connectivity index (χ0) is 19.2. The second-order valence-corrected chi connectivity index (χ2v) is 6.90. The van der Waals surface area contributed by atoms with Crippen LogP contribution in [-0.2, 0) is 4.79 Å². The normalized spacial score (nSPS) is 25.3. The van der Waals surface area contributed by atoms with Crippen LogP contribution in [0.5, 0.6) is 0 Å². The summed E-state index contributed by atoms with van der Waals surface area (Å²) in [6.07, 6.45) is 21.2. The van der Waals surface area contributed by atoms with Gasteiger partial charge in [0.15, 0.2) is 0 Å². The number of carboxylic acids is 1. The van der Waals surface area contributed by atoms with E-state index in [4.69, 9.17) is 5.11 Å². The van der Waals surface area contributed by atoms with E-state index in [1.165, 1.54) is 0 Å². The molecule has 0 aromatic carbocycles. The van der Waals surface area contributed by atoms with E-state index in [9.17, 15) is 15.0 Å². The number of aliphatic hydroxyl groups is 2. The van der Waals surface area contributed by atoms with E-state index >= 15 is 0 Å². The summed E-state index contributed by atoms with van der Waals surface area (Å²) in [5, 5.41) is 28.6. The maximum Gasteiger partial charge on any atom is 0.303 e. The third-order valence-corrected chi connectivity index (χ3v) is 4.75. The molecule has 1 aliphatic carbocycles. The summed E-state index contributed by atoms with van der Waals surface area (Å²) < 4.78 is 0. The molecular formula is C22H34O4. The predicted octanol–water partition coefficient (Wildman–Crippen LogP) is 4.40. The first-order valence-corrected chi connectivity index (χ1v) is 9.75. The van der Waals surface area contributed by atoms with Crippen LogP contribution < -0.4 is 0 Å². The lowest BCUT2D eigenvalue weighted by Crippen LogP contribution is -2.17. The second kappa shape index (κ2) is 13.5. The molecule has 0 heterocycles. The van der Waals surface area contributed by atoms with Crippen molar-refractivity contribution in [1.29, 1.82) is 0 Å². The molecule has 1 saturated carbocycles. The average Bonchev–Trinajstić information content (AvgIpc) is 2.96. The third kappa shape index (κ3) is 9.73. The summed E-state index contributed by atoms with van der Waals surface area (Å²) in [6.45, 7) is 2.13. The molecule has 0 unspecified atom stereocenters. The molecule has 0 bridgehead atoms. The van der Waals surface area contributed by atoms with Gasteiger partial charge in [-0.2, -0.15) is 0 Å². The Morgan fingerprint density at radius 3 is 2.38 bits per heavy atom. The van der Waals surface area contributed by atoms with Gasteiger partial charge in [-0.25, -0.2) is 0 Å². The molecule has 146 valence electrons. The lowest BCUT2D eigenvalue weighted by molar-refractivity contribution is -0.137. The molecule has 0 spiro atoms. The van der Waals surface area contributed by atoms with Crippen molar-refractivity contribution in [3.05, 3.63) is 48.6 Å². The minimum Gasteiger partial charge on any atom is -0.481 e. The third-order valence-electron chi connectivity index (χ3n) is 4.75. The van der Waals surface area contributed by atoms with Gasteiger partial charge in [-0.3, -0.25) is 4.79 Å². The molecule has 26 heavy (non-hydrogen) atoms. The van der Waals surface area contributed by atoms with E-state index in [0.717, 1.165) is 38.5 Å². The van der Waals surface area contributed by atoms with Crippen LogP contribution >= 0.6 is 0 Å². The number of aliphatic carboxylic acids is 1. The molecule has 0 aromatic heterocycles. The van der Waals surface area contributed by atoms with Gasteiger partial charge < -0.3 is 15.3 Å². The van der Waals surface area contributed by atoms with E-state index < -0.39 is 12.1 Å². The summed E-state index contributed by atoms with van der Waals surface area (Å²) in [5.74, 6) is -0.494. The van der Waals surface area contributed by atoms with Gasteiger partial charge in [0.2, 0.25) is 0 Å². The number of carbonyl (C=O) groups is 1. The summed E-state index contributed by atoms with van der Waals surface area (Å²) in [7, 11) is 0. The smallest absolute Gasteiger partial charge is 0.303 e. The maximum atomic E-state index is 10.5. The Labute approximate surface area is 157 Å². The quantitative estimate of drug-likeness (QED) is 0.450. The first-order chi connectivity index (χ1) is 12.5. The molecule has 0 aliphatic heterocycles. The second-order valence-electron chi connectivity index (χ2n) is 6.90. The summed E-state index contributed by atoms with van der Waals surface area (Å²) in [4.78, 5) is 10.5. The van der Waals surface area contributed by atoms with Gasteiger partial charge in [0, 0.05) is 12.3 Å². The number of rotatable bonds is 12. The highest BCUT2D eigenvalue weighted by molar-refractivity contribution is 5.66. The monoisotopic (exact) mass is 362 g/mol. The molecule has 4 atom stereocenters. The Bertz CT molecular complexity index is 504. The Kier molecular flexibility index (Phi) is 11.7. The molecule has 0 saturated heterocycles. The largest absolute Gasteiger partial charge is 0.481 e. The van der Waals surface area contributed by atoms with Crippen LogP contribution in [0.1, 0.15) is 58.3 Å². The van der Waals surface area contributed by atoms with Crippen molar-refractivity contribution in [2.45, 2.75) is 70.5 Å². The SMILES string of the molecule is CC/C=C\C/C=C\C/C=C\C[C@H]1CC[C@H](O)[C@H]1/C=C/[C@@H](O)CCC(=O)O. The molecule has 0 radical (unpaired) electrons. The van der Waals surface area contributed by atoms with Gasteiger partial charge >= 0.3 is 5.97 Å². The van der Waals surface area contributed by atoms with Crippen LogP contribution in [0.4, 0.5) is 0 Å². The standard InChI is InChI=1S/C22H34O4/c1-2-3-4-5-6-7-8-9-10-11-18-12-16-21(24)20(18)15-13-19(23)14-17-22(25)26/h3-4,6-7,9-10,13,15,18-21,23-24H,2,5,8,11-12,14,16-17H2,1H3,(H,25,26)/b4-3-,7-6-,10-9-,15-13+/t18-,19+,20-,21-/m0/s1. The highest BCUT2D eigenvalue weighted by atomic mass is 16.4. The average molecular weight is 363 g/mol. The highest BCUT2D eigenvalue weighted by Crippen LogP contribution is 2.36. The lowest BCUT2D eigenvalue weighted by atomic mass is 9.90. The number of allylic oxidation sites excluding steroid dienone is 6. The molecule has 4 nitrogen and oxygen atoms in total. The Morgan fingerprint density at radius 2 is 1.73 bits per heavy atom.